The van der Waals surface area contributed by atoms with E-state index in [-0.39, 0.29) is 34.6 Å². The van der Waals surface area contributed by atoms with E-state index < -0.39 is 57.8 Å². The van der Waals surface area contributed by atoms with Crippen LogP contribution in [0.25, 0.3) is 0 Å². The van der Waals surface area contributed by atoms with Crippen LogP contribution in [0.1, 0.15) is 36.2 Å². The van der Waals surface area contributed by atoms with Gasteiger partial charge in [-0.15, -0.1) is 0 Å². The summed E-state index contributed by atoms with van der Waals surface area (Å²) in [5.41, 5.74) is -4.61. The number of carbonyl (C=O) groups excluding carboxylic acids is 3. The highest BCUT2D eigenvalue weighted by Gasteiger charge is 2.65. The summed E-state index contributed by atoms with van der Waals surface area (Å²) >= 11 is 0. The molecule has 0 heterocycles. The SMILES string of the molecule is COC1=C2C(=O)c3c(O)cccc3C(C)(O)C2CC2C(N(C)C)C(=O)C(C(C)=O)=C(O)C12O. The summed E-state index contributed by atoms with van der Waals surface area (Å²) in [6.45, 7) is 2.60. The van der Waals surface area contributed by atoms with Crippen LogP contribution >= 0.6 is 0 Å². The molecule has 0 spiro atoms. The molecule has 0 amide bonds. The molecule has 0 saturated heterocycles. The van der Waals surface area contributed by atoms with Gasteiger partial charge >= 0.3 is 0 Å². The van der Waals surface area contributed by atoms with Crippen LogP contribution in [0.3, 0.4) is 0 Å². The Morgan fingerprint density at radius 3 is 2.36 bits per heavy atom. The number of benzene rings is 1. The second kappa shape index (κ2) is 7.24. The van der Waals surface area contributed by atoms with Gasteiger partial charge in [-0.05, 0) is 46.0 Å². The standard InChI is InChI=1S/C24H27NO8/c1-10(26)15-20(29)18(25(3)4)13-9-12-17(22(33-5)24(13,32)21(15)30)19(28)16-11(23(12,2)31)7-6-8-14(16)27/h6-8,12-13,18,27,30-32H,9H2,1-5H3. The van der Waals surface area contributed by atoms with E-state index in [0.717, 1.165) is 6.92 Å². The van der Waals surface area contributed by atoms with Gasteiger partial charge in [0, 0.05) is 17.4 Å². The number of aromatic hydroxyl groups is 1. The fraction of sp³-hybridized carbons (Fsp3) is 0.458. The monoisotopic (exact) mass is 457 g/mol. The first kappa shape index (κ1) is 23.2. The van der Waals surface area contributed by atoms with Crippen LogP contribution in [0, 0.1) is 11.8 Å². The average molecular weight is 457 g/mol. The number of hydrogen-bond acceptors (Lipinski definition) is 9. The molecule has 3 aliphatic rings. The number of phenols is 1. The highest BCUT2D eigenvalue weighted by atomic mass is 16.5. The largest absolute Gasteiger partial charge is 0.508 e. The maximum absolute atomic E-state index is 13.6. The fourth-order valence-corrected chi connectivity index (χ4v) is 5.85. The minimum absolute atomic E-state index is 0.0731. The lowest BCUT2D eigenvalue weighted by molar-refractivity contribution is -0.140. The van der Waals surface area contributed by atoms with Crippen molar-refractivity contribution in [3.8, 4) is 5.75 Å². The Morgan fingerprint density at radius 1 is 1.18 bits per heavy atom. The molecule has 9 nitrogen and oxygen atoms in total. The molecule has 5 atom stereocenters. The van der Waals surface area contributed by atoms with Gasteiger partial charge in [-0.25, -0.2) is 0 Å². The van der Waals surface area contributed by atoms with Crippen LogP contribution in [0.4, 0.5) is 0 Å². The van der Waals surface area contributed by atoms with E-state index in [2.05, 4.69) is 0 Å². The molecule has 0 fully saturated rings. The Bertz CT molecular complexity index is 1160. The van der Waals surface area contributed by atoms with Crippen LogP contribution in [-0.2, 0) is 19.9 Å². The van der Waals surface area contributed by atoms with Crippen molar-refractivity contribution in [2.75, 3.05) is 21.2 Å². The Morgan fingerprint density at radius 2 is 1.82 bits per heavy atom. The van der Waals surface area contributed by atoms with Crippen LogP contribution in [-0.4, -0.2) is 75.5 Å². The van der Waals surface area contributed by atoms with E-state index in [4.69, 9.17) is 4.74 Å². The first-order valence-electron chi connectivity index (χ1n) is 10.6. The number of nitrogens with zero attached hydrogens (tertiary/aromatic N) is 1. The number of aliphatic hydroxyl groups is 3. The molecule has 0 radical (unpaired) electrons. The first-order valence-corrected chi connectivity index (χ1v) is 10.6. The van der Waals surface area contributed by atoms with E-state index in [1.165, 1.54) is 37.1 Å². The van der Waals surface area contributed by atoms with Crippen molar-refractivity contribution >= 4 is 17.3 Å². The van der Waals surface area contributed by atoms with E-state index in [9.17, 15) is 34.8 Å². The number of likely N-dealkylation sites (N-methyl/N-ethyl adjacent to an activating group) is 1. The molecule has 0 saturated carbocycles. The van der Waals surface area contributed by atoms with Crippen molar-refractivity contribution in [3.05, 3.63) is 52.0 Å². The van der Waals surface area contributed by atoms with Gasteiger partial charge in [0.25, 0.3) is 0 Å². The van der Waals surface area contributed by atoms with Crippen LogP contribution in [0.5, 0.6) is 5.75 Å². The van der Waals surface area contributed by atoms with Crippen molar-refractivity contribution in [2.45, 2.75) is 37.5 Å². The number of phenolic OH excluding ortho intramolecular Hbond substituents is 1. The van der Waals surface area contributed by atoms with Gasteiger partial charge in [0.15, 0.2) is 23.0 Å². The van der Waals surface area contributed by atoms with Crippen molar-refractivity contribution in [3.63, 3.8) is 0 Å². The molecular weight excluding hydrogens is 430 g/mol. The zero-order chi connectivity index (χ0) is 24.6. The van der Waals surface area contributed by atoms with Gasteiger partial charge in [0.2, 0.25) is 0 Å². The van der Waals surface area contributed by atoms with Gasteiger partial charge < -0.3 is 25.2 Å². The first-order chi connectivity index (χ1) is 15.3. The number of methoxy groups -OCH3 is 1. The molecular formula is C24H27NO8. The summed E-state index contributed by atoms with van der Waals surface area (Å²) < 4.78 is 5.49. The molecule has 9 heteroatoms. The summed E-state index contributed by atoms with van der Waals surface area (Å²) in [4.78, 5) is 40.6. The third-order valence-electron chi connectivity index (χ3n) is 7.31. The quantitative estimate of drug-likeness (QED) is 0.488. The third-order valence-corrected chi connectivity index (χ3v) is 7.31. The summed E-state index contributed by atoms with van der Waals surface area (Å²) in [6, 6.07) is 3.33. The van der Waals surface area contributed by atoms with Crippen molar-refractivity contribution in [2.24, 2.45) is 11.8 Å². The predicted octanol–water partition coefficient (Wildman–Crippen LogP) is 0.978. The highest BCUT2D eigenvalue weighted by molar-refractivity contribution is 6.23. The van der Waals surface area contributed by atoms with Crippen molar-refractivity contribution < 1.29 is 39.5 Å². The summed E-state index contributed by atoms with van der Waals surface area (Å²) in [6.07, 6.45) is -0.0731. The highest BCUT2D eigenvalue weighted by Crippen LogP contribution is 2.57. The lowest BCUT2D eigenvalue weighted by Crippen LogP contribution is -2.64. The molecule has 0 aliphatic heterocycles. The molecule has 176 valence electrons. The van der Waals surface area contributed by atoms with Gasteiger partial charge in [-0.1, -0.05) is 12.1 Å². The number of ether oxygens (including phenoxy) is 1. The zero-order valence-corrected chi connectivity index (χ0v) is 19.0. The van der Waals surface area contributed by atoms with Gasteiger partial charge in [0.1, 0.15) is 22.8 Å². The Balaban J connectivity index is 2.11. The Labute approximate surface area is 190 Å². The van der Waals surface area contributed by atoms with Crippen molar-refractivity contribution in [1.82, 2.24) is 4.90 Å². The maximum Gasteiger partial charge on any atom is 0.197 e. The van der Waals surface area contributed by atoms with Crippen LogP contribution in [0.2, 0.25) is 0 Å². The molecule has 5 unspecified atom stereocenters. The molecule has 1 aromatic carbocycles. The second-order valence-electron chi connectivity index (χ2n) is 9.34. The van der Waals surface area contributed by atoms with E-state index in [0.29, 0.717) is 0 Å². The molecule has 4 rings (SSSR count). The van der Waals surface area contributed by atoms with E-state index in [1.807, 2.05) is 0 Å². The van der Waals surface area contributed by atoms with Gasteiger partial charge in [-0.2, -0.15) is 0 Å². The molecule has 1 aromatic rings. The second-order valence-corrected chi connectivity index (χ2v) is 9.34. The normalized spacial score (nSPS) is 33.6. The minimum atomic E-state index is -2.36. The minimum Gasteiger partial charge on any atom is -0.508 e. The Kier molecular flexibility index (Phi) is 5.08. The van der Waals surface area contributed by atoms with E-state index >= 15 is 0 Å². The number of hydrogen-bond donors (Lipinski definition) is 4. The summed E-state index contributed by atoms with van der Waals surface area (Å²) in [5.74, 6) is -5.57. The van der Waals surface area contributed by atoms with Crippen LogP contribution < -0.4 is 0 Å². The number of ketones is 3. The lowest BCUT2D eigenvalue weighted by atomic mass is 9.55. The molecule has 4 N–H and O–H groups in total. The van der Waals surface area contributed by atoms with Gasteiger partial charge in [-0.3, -0.25) is 19.3 Å². The number of carbonyl (C=O) groups is 3. The maximum atomic E-state index is 13.6. The third kappa shape index (κ3) is 2.79. The van der Waals surface area contributed by atoms with E-state index in [1.54, 1.807) is 14.1 Å². The molecule has 3 aliphatic carbocycles. The number of Topliss-reactive ketones (excluding diaryl/α,β-unsaturated/α-hetero) is 3. The number of aliphatic hydroxyl groups excluding tert-OH is 1. The molecule has 33 heavy (non-hydrogen) atoms. The smallest absolute Gasteiger partial charge is 0.197 e. The number of fused-ring (bicyclic) bond motifs is 3. The van der Waals surface area contributed by atoms with Crippen LogP contribution in [0.15, 0.2) is 40.9 Å². The van der Waals surface area contributed by atoms with Crippen molar-refractivity contribution in [1.29, 1.82) is 0 Å². The number of rotatable bonds is 3. The van der Waals surface area contributed by atoms with Gasteiger partial charge in [0.05, 0.1) is 24.3 Å². The lowest BCUT2D eigenvalue weighted by Gasteiger charge is -2.53. The topological polar surface area (TPSA) is 145 Å². The predicted molar refractivity (Wildman–Crippen MR) is 115 cm³/mol. The zero-order valence-electron chi connectivity index (χ0n) is 19.0. The molecule has 0 bridgehead atoms. The molecule has 0 aromatic heterocycles. The summed E-state index contributed by atoms with van der Waals surface area (Å²) in [5, 5.41) is 45.0. The average Bonchev–Trinajstić information content (AvgIpc) is 2.71. The Hall–Kier alpha value is -3.01. The fourth-order valence-electron chi connectivity index (χ4n) is 5.85. The summed E-state index contributed by atoms with van der Waals surface area (Å²) in [7, 11) is 4.41.